The van der Waals surface area contributed by atoms with Crippen molar-refractivity contribution in [3.05, 3.63) is 0 Å². The molecule has 5 heteroatoms. The molecule has 0 atom stereocenters. The maximum absolute atomic E-state index is 12.6. The summed E-state index contributed by atoms with van der Waals surface area (Å²) in [6.45, 7) is 8.26. The predicted octanol–water partition coefficient (Wildman–Crippen LogP) is 3.19. The van der Waals surface area contributed by atoms with Crippen molar-refractivity contribution in [2.24, 2.45) is 17.8 Å². The number of carbonyl (C=O) groups is 2. The third-order valence-corrected chi connectivity index (χ3v) is 5.04. The fraction of sp³-hybridized carbons (Fsp3) is 0.889. The van der Waals surface area contributed by atoms with Gasteiger partial charge in [0, 0.05) is 25.0 Å². The smallest absolute Gasteiger partial charge is 0.407 e. The van der Waals surface area contributed by atoms with Gasteiger partial charge in [-0.15, -0.1) is 0 Å². The van der Waals surface area contributed by atoms with Crippen molar-refractivity contribution in [3.63, 3.8) is 0 Å². The number of ether oxygens (including phenoxy) is 1. The van der Waals surface area contributed by atoms with E-state index in [4.69, 9.17) is 4.74 Å². The second-order valence-corrected chi connectivity index (χ2v) is 7.69. The summed E-state index contributed by atoms with van der Waals surface area (Å²) in [4.78, 5) is 26.3. The molecule has 1 aliphatic heterocycles. The molecule has 0 radical (unpaired) electrons. The Morgan fingerprint density at radius 3 is 2.26 bits per heavy atom. The molecule has 2 aliphatic rings. The number of hydrogen-bond donors (Lipinski definition) is 1. The second kappa shape index (κ2) is 8.55. The molecule has 0 aromatic rings. The average Bonchev–Trinajstić information content (AvgIpc) is 2.54. The highest BCUT2D eigenvalue weighted by Gasteiger charge is 2.30. The van der Waals surface area contributed by atoms with Gasteiger partial charge in [-0.3, -0.25) is 4.79 Å². The summed E-state index contributed by atoms with van der Waals surface area (Å²) >= 11 is 0. The first-order valence-corrected chi connectivity index (χ1v) is 9.17. The van der Waals surface area contributed by atoms with Gasteiger partial charge in [-0.05, 0) is 50.4 Å². The normalized spacial score (nSPS) is 26.2. The first kappa shape index (κ1) is 18.1. The molecule has 0 unspecified atom stereocenters. The lowest BCUT2D eigenvalue weighted by atomic mass is 9.82. The van der Waals surface area contributed by atoms with Crippen LogP contribution in [0.3, 0.4) is 0 Å². The Labute approximate surface area is 140 Å². The molecule has 2 rings (SSSR count). The summed E-state index contributed by atoms with van der Waals surface area (Å²) in [5, 5.41) is 2.92. The number of alkyl carbamates (subject to hydrolysis) is 1. The average molecular weight is 324 g/mol. The predicted molar refractivity (Wildman–Crippen MR) is 90.0 cm³/mol. The van der Waals surface area contributed by atoms with E-state index in [1.165, 1.54) is 12.8 Å². The number of nitrogens with one attached hydrogen (secondary N) is 1. The highest BCUT2D eigenvalue weighted by Crippen LogP contribution is 2.30. The Morgan fingerprint density at radius 2 is 1.70 bits per heavy atom. The highest BCUT2D eigenvalue weighted by atomic mass is 16.5. The van der Waals surface area contributed by atoms with Gasteiger partial charge in [0.25, 0.3) is 0 Å². The van der Waals surface area contributed by atoms with Gasteiger partial charge in [0.15, 0.2) is 0 Å². The lowest BCUT2D eigenvalue weighted by molar-refractivity contribution is -0.137. The monoisotopic (exact) mass is 324 g/mol. The van der Waals surface area contributed by atoms with E-state index in [9.17, 15) is 9.59 Å². The summed E-state index contributed by atoms with van der Waals surface area (Å²) in [6, 6.07) is 0.130. The van der Waals surface area contributed by atoms with E-state index in [1.807, 2.05) is 18.7 Å². The van der Waals surface area contributed by atoms with Crippen molar-refractivity contribution in [1.82, 2.24) is 10.2 Å². The van der Waals surface area contributed by atoms with Crippen molar-refractivity contribution in [2.45, 2.75) is 65.3 Å². The molecule has 1 heterocycles. The van der Waals surface area contributed by atoms with Crippen LogP contribution in [0.2, 0.25) is 0 Å². The van der Waals surface area contributed by atoms with Gasteiger partial charge < -0.3 is 15.0 Å². The van der Waals surface area contributed by atoms with Crippen molar-refractivity contribution < 1.29 is 14.3 Å². The molecule has 132 valence electrons. The van der Waals surface area contributed by atoms with E-state index in [0.29, 0.717) is 18.4 Å². The Bertz CT molecular complexity index is 395. The van der Waals surface area contributed by atoms with Gasteiger partial charge in [-0.2, -0.15) is 0 Å². The summed E-state index contributed by atoms with van der Waals surface area (Å²) < 4.78 is 5.16. The largest absolute Gasteiger partial charge is 0.449 e. The maximum atomic E-state index is 12.6. The van der Waals surface area contributed by atoms with Gasteiger partial charge in [-0.1, -0.05) is 20.8 Å². The number of likely N-dealkylation sites (tertiary alicyclic amines) is 1. The van der Waals surface area contributed by atoms with E-state index >= 15 is 0 Å². The molecule has 0 spiro atoms. The topological polar surface area (TPSA) is 58.6 Å². The molecule has 1 saturated heterocycles. The number of amides is 2. The van der Waals surface area contributed by atoms with Crippen LogP contribution in [0.25, 0.3) is 0 Å². The fourth-order valence-electron chi connectivity index (χ4n) is 3.46. The molecular weight excluding hydrogens is 292 g/mol. The quantitative estimate of drug-likeness (QED) is 0.864. The van der Waals surface area contributed by atoms with Gasteiger partial charge in [0.2, 0.25) is 5.91 Å². The zero-order chi connectivity index (χ0) is 16.8. The van der Waals surface area contributed by atoms with E-state index in [-0.39, 0.29) is 18.1 Å². The molecule has 2 fully saturated rings. The van der Waals surface area contributed by atoms with E-state index in [0.717, 1.165) is 44.7 Å². The summed E-state index contributed by atoms with van der Waals surface area (Å²) in [5.41, 5.74) is 0. The van der Waals surface area contributed by atoms with E-state index in [2.05, 4.69) is 12.2 Å². The zero-order valence-electron chi connectivity index (χ0n) is 14.8. The summed E-state index contributed by atoms with van der Waals surface area (Å²) in [6.07, 6.45) is 5.76. The molecule has 23 heavy (non-hydrogen) atoms. The number of carbonyl (C=O) groups excluding carboxylic acids is 2. The lowest BCUT2D eigenvalue weighted by Gasteiger charge is -2.36. The molecule has 0 aromatic heterocycles. The maximum Gasteiger partial charge on any atom is 0.407 e. The lowest BCUT2D eigenvalue weighted by Crippen LogP contribution is -2.48. The first-order chi connectivity index (χ1) is 11.0. The minimum absolute atomic E-state index is 0.130. The molecule has 1 saturated carbocycles. The van der Waals surface area contributed by atoms with Gasteiger partial charge in [0.1, 0.15) is 0 Å². The standard InChI is InChI=1S/C18H32N2O3/c1-13(2)12-23-18(22)19-16-8-10-20(11-9-16)17(21)15-6-4-14(3)5-7-15/h13-16H,4-12H2,1-3H3,(H,19,22). The number of hydrogen-bond acceptors (Lipinski definition) is 3. The Morgan fingerprint density at radius 1 is 1.09 bits per heavy atom. The van der Waals surface area contributed by atoms with E-state index in [1.54, 1.807) is 0 Å². The van der Waals surface area contributed by atoms with Gasteiger partial charge >= 0.3 is 6.09 Å². The van der Waals surface area contributed by atoms with Crippen LogP contribution in [0.5, 0.6) is 0 Å². The van der Waals surface area contributed by atoms with Crippen LogP contribution >= 0.6 is 0 Å². The molecule has 0 aromatic carbocycles. The zero-order valence-corrected chi connectivity index (χ0v) is 14.8. The highest BCUT2D eigenvalue weighted by molar-refractivity contribution is 5.79. The fourth-order valence-corrected chi connectivity index (χ4v) is 3.46. The Kier molecular flexibility index (Phi) is 6.72. The van der Waals surface area contributed by atoms with Crippen LogP contribution in [0.4, 0.5) is 4.79 Å². The number of piperidine rings is 1. The number of nitrogens with zero attached hydrogens (tertiary/aromatic N) is 1. The van der Waals surface area contributed by atoms with Crippen LogP contribution in [-0.2, 0) is 9.53 Å². The third kappa shape index (κ3) is 5.70. The third-order valence-electron chi connectivity index (χ3n) is 5.04. The molecule has 2 amide bonds. The van der Waals surface area contributed by atoms with Crippen LogP contribution in [0.15, 0.2) is 0 Å². The Balaban J connectivity index is 1.69. The van der Waals surface area contributed by atoms with Crippen molar-refractivity contribution in [1.29, 1.82) is 0 Å². The van der Waals surface area contributed by atoms with Crippen molar-refractivity contribution in [3.8, 4) is 0 Å². The van der Waals surface area contributed by atoms with Crippen LogP contribution in [0, 0.1) is 17.8 Å². The number of rotatable bonds is 4. The molecule has 1 aliphatic carbocycles. The van der Waals surface area contributed by atoms with Gasteiger partial charge in [0.05, 0.1) is 6.61 Å². The summed E-state index contributed by atoms with van der Waals surface area (Å²) in [5.74, 6) is 1.67. The summed E-state index contributed by atoms with van der Waals surface area (Å²) in [7, 11) is 0. The Hall–Kier alpha value is -1.26. The first-order valence-electron chi connectivity index (χ1n) is 9.17. The van der Waals surface area contributed by atoms with Crippen molar-refractivity contribution >= 4 is 12.0 Å². The van der Waals surface area contributed by atoms with E-state index < -0.39 is 0 Å². The molecule has 1 N–H and O–H groups in total. The van der Waals surface area contributed by atoms with Crippen molar-refractivity contribution in [2.75, 3.05) is 19.7 Å². The molecule has 5 nitrogen and oxygen atoms in total. The van der Waals surface area contributed by atoms with Crippen LogP contribution < -0.4 is 5.32 Å². The van der Waals surface area contributed by atoms with Gasteiger partial charge in [-0.25, -0.2) is 4.79 Å². The van der Waals surface area contributed by atoms with Crippen LogP contribution in [-0.4, -0.2) is 42.6 Å². The SMILES string of the molecule is CC(C)COC(=O)NC1CCN(C(=O)C2CCC(C)CC2)CC1. The van der Waals surface area contributed by atoms with Crippen LogP contribution in [0.1, 0.15) is 59.3 Å². The second-order valence-electron chi connectivity index (χ2n) is 7.69. The molecule has 0 bridgehead atoms. The minimum atomic E-state index is -0.329. The molecular formula is C18H32N2O3. The minimum Gasteiger partial charge on any atom is -0.449 e.